The Kier molecular flexibility index (Phi) is 5.72. The molecule has 0 N–H and O–H groups in total. The molecule has 1 aliphatic heterocycles. The monoisotopic (exact) mass is 396 g/mol. The van der Waals surface area contributed by atoms with Crippen molar-refractivity contribution in [1.82, 2.24) is 19.0 Å². The molecule has 0 radical (unpaired) electrons. The van der Waals surface area contributed by atoms with Crippen LogP contribution in [0.3, 0.4) is 0 Å². The molecule has 1 saturated heterocycles. The van der Waals surface area contributed by atoms with E-state index in [0.717, 1.165) is 37.2 Å². The van der Waals surface area contributed by atoms with Crippen molar-refractivity contribution in [3.05, 3.63) is 46.7 Å². The molecule has 2 aromatic rings. The van der Waals surface area contributed by atoms with Crippen LogP contribution in [-0.4, -0.2) is 48.0 Å². The summed E-state index contributed by atoms with van der Waals surface area (Å²) in [6, 6.07) is 8.25. The van der Waals surface area contributed by atoms with Crippen LogP contribution in [0, 0.1) is 0 Å². The lowest BCUT2D eigenvalue weighted by atomic mass is 10.0. The third kappa shape index (κ3) is 3.96. The topological polar surface area (TPSA) is 58.4 Å². The fourth-order valence-corrected chi connectivity index (χ4v) is 5.39. The number of halogens is 1. The standard InChI is InChI=1S/C18H25ClN4O2S/c1-21(2)13-15-12-17(20-22(15)3)18-9-4-5-10-23(18)26(24,25)16-8-6-7-14(19)11-16/h6-8,11-12,18H,4-5,9-10,13H2,1-3H3/t18-/m0/s1. The van der Waals surface area contributed by atoms with Crippen molar-refractivity contribution in [3.63, 3.8) is 0 Å². The summed E-state index contributed by atoms with van der Waals surface area (Å²) in [5, 5.41) is 5.04. The van der Waals surface area contributed by atoms with E-state index < -0.39 is 10.0 Å². The second-order valence-corrected chi connectivity index (χ2v) is 9.33. The second kappa shape index (κ2) is 7.68. The highest BCUT2D eigenvalue weighted by Gasteiger charge is 2.36. The molecule has 0 aliphatic carbocycles. The van der Waals surface area contributed by atoms with Crippen LogP contribution in [0.25, 0.3) is 0 Å². The van der Waals surface area contributed by atoms with Crippen molar-refractivity contribution in [1.29, 1.82) is 0 Å². The van der Waals surface area contributed by atoms with Crippen LogP contribution < -0.4 is 0 Å². The minimum atomic E-state index is -3.62. The van der Waals surface area contributed by atoms with Crippen molar-refractivity contribution in [2.45, 2.75) is 36.7 Å². The van der Waals surface area contributed by atoms with Gasteiger partial charge in [0.1, 0.15) is 0 Å². The number of aromatic nitrogens is 2. The van der Waals surface area contributed by atoms with Gasteiger partial charge in [-0.25, -0.2) is 8.42 Å². The zero-order valence-corrected chi connectivity index (χ0v) is 17.0. The molecule has 1 aromatic heterocycles. The van der Waals surface area contributed by atoms with E-state index in [2.05, 4.69) is 10.00 Å². The average Bonchev–Trinajstić information content (AvgIpc) is 2.95. The fraction of sp³-hybridized carbons (Fsp3) is 0.500. The average molecular weight is 397 g/mol. The second-order valence-electron chi connectivity index (χ2n) is 7.01. The first-order valence-corrected chi connectivity index (χ1v) is 10.6. The zero-order chi connectivity index (χ0) is 18.9. The molecule has 1 atom stereocenters. The van der Waals surface area contributed by atoms with Crippen LogP contribution in [0.4, 0.5) is 0 Å². The lowest BCUT2D eigenvalue weighted by molar-refractivity contribution is 0.250. The van der Waals surface area contributed by atoms with E-state index in [1.165, 1.54) is 6.07 Å². The summed E-state index contributed by atoms with van der Waals surface area (Å²) in [6.07, 6.45) is 2.62. The summed E-state index contributed by atoms with van der Waals surface area (Å²) in [7, 11) is 2.29. The zero-order valence-electron chi connectivity index (χ0n) is 15.4. The largest absolute Gasteiger partial charge is 0.304 e. The maximum Gasteiger partial charge on any atom is 0.243 e. The van der Waals surface area contributed by atoms with Crippen molar-refractivity contribution < 1.29 is 8.42 Å². The van der Waals surface area contributed by atoms with Crippen LogP contribution in [0.2, 0.25) is 5.02 Å². The highest BCUT2D eigenvalue weighted by atomic mass is 35.5. The molecule has 1 aliphatic rings. The van der Waals surface area contributed by atoms with E-state index in [9.17, 15) is 8.42 Å². The first-order valence-electron chi connectivity index (χ1n) is 8.74. The van der Waals surface area contributed by atoms with Crippen LogP contribution in [0.1, 0.15) is 36.7 Å². The Morgan fingerprint density at radius 1 is 1.27 bits per heavy atom. The molecule has 2 heterocycles. The highest BCUT2D eigenvalue weighted by Crippen LogP contribution is 2.35. The summed E-state index contributed by atoms with van der Waals surface area (Å²) in [5.74, 6) is 0. The quantitative estimate of drug-likeness (QED) is 0.779. The Morgan fingerprint density at radius 3 is 2.73 bits per heavy atom. The molecule has 0 amide bonds. The predicted molar refractivity (Wildman–Crippen MR) is 103 cm³/mol. The van der Waals surface area contributed by atoms with Crippen molar-refractivity contribution in [2.24, 2.45) is 7.05 Å². The van der Waals surface area contributed by atoms with Crippen molar-refractivity contribution in [2.75, 3.05) is 20.6 Å². The smallest absolute Gasteiger partial charge is 0.243 e. The summed E-state index contributed by atoms with van der Waals surface area (Å²) in [5.41, 5.74) is 1.88. The summed E-state index contributed by atoms with van der Waals surface area (Å²) in [6.45, 7) is 1.26. The molecule has 0 spiro atoms. The number of nitrogens with zero attached hydrogens (tertiary/aromatic N) is 4. The summed E-state index contributed by atoms with van der Waals surface area (Å²) in [4.78, 5) is 2.31. The van der Waals surface area contributed by atoms with Gasteiger partial charge in [-0.2, -0.15) is 9.40 Å². The number of sulfonamides is 1. The van der Waals surface area contributed by atoms with Crippen LogP contribution in [-0.2, 0) is 23.6 Å². The molecule has 0 saturated carbocycles. The van der Waals surface area contributed by atoms with Crippen molar-refractivity contribution in [3.8, 4) is 0 Å². The summed E-state index contributed by atoms with van der Waals surface area (Å²) < 4.78 is 29.9. The van der Waals surface area contributed by atoms with Gasteiger partial charge >= 0.3 is 0 Å². The molecular weight excluding hydrogens is 372 g/mol. The minimum absolute atomic E-state index is 0.237. The molecule has 26 heavy (non-hydrogen) atoms. The minimum Gasteiger partial charge on any atom is -0.304 e. The maximum atomic E-state index is 13.2. The Morgan fingerprint density at radius 2 is 2.04 bits per heavy atom. The van der Waals surface area contributed by atoms with E-state index in [0.29, 0.717) is 11.6 Å². The molecule has 0 unspecified atom stereocenters. The first kappa shape index (κ1) is 19.4. The number of rotatable bonds is 5. The SMILES string of the molecule is CN(C)Cc1cc([C@@H]2CCCCN2S(=O)(=O)c2cccc(Cl)c2)nn1C. The summed E-state index contributed by atoms with van der Waals surface area (Å²) >= 11 is 6.01. The molecule has 1 fully saturated rings. The Bertz CT molecular complexity index is 879. The van der Waals surface area contributed by atoms with Gasteiger partial charge < -0.3 is 4.90 Å². The number of aryl methyl sites for hydroxylation is 1. The molecular formula is C18H25ClN4O2S. The first-order chi connectivity index (χ1) is 12.3. The van der Waals surface area contributed by atoms with Gasteiger partial charge in [-0.1, -0.05) is 24.1 Å². The third-order valence-corrected chi connectivity index (χ3v) is 6.81. The normalized spacial score (nSPS) is 19.2. The molecule has 6 nitrogen and oxygen atoms in total. The van der Waals surface area contributed by atoms with Gasteiger partial charge in [-0.05, 0) is 51.2 Å². The van der Waals surface area contributed by atoms with Crippen LogP contribution in [0.5, 0.6) is 0 Å². The number of piperidine rings is 1. The number of hydrogen-bond acceptors (Lipinski definition) is 4. The number of hydrogen-bond donors (Lipinski definition) is 0. The molecule has 8 heteroatoms. The molecule has 3 rings (SSSR count). The van der Waals surface area contributed by atoms with E-state index >= 15 is 0 Å². The number of benzene rings is 1. The highest BCUT2D eigenvalue weighted by molar-refractivity contribution is 7.89. The maximum absolute atomic E-state index is 13.2. The van der Waals surface area contributed by atoms with Gasteiger partial charge in [-0.3, -0.25) is 4.68 Å². The van der Waals surface area contributed by atoms with Gasteiger partial charge in [0.15, 0.2) is 0 Å². The van der Waals surface area contributed by atoms with E-state index in [-0.39, 0.29) is 10.9 Å². The van der Waals surface area contributed by atoms with E-state index in [4.69, 9.17) is 11.6 Å². The fourth-order valence-electron chi connectivity index (χ4n) is 3.42. The predicted octanol–water partition coefficient (Wildman–Crippen LogP) is 3.05. The van der Waals surface area contributed by atoms with E-state index in [1.54, 1.807) is 22.5 Å². The Labute approximate surface area is 160 Å². The van der Waals surface area contributed by atoms with Gasteiger partial charge in [0.05, 0.1) is 22.3 Å². The lowest BCUT2D eigenvalue weighted by Gasteiger charge is -2.33. The van der Waals surface area contributed by atoms with Crippen LogP contribution >= 0.6 is 11.6 Å². The van der Waals surface area contributed by atoms with Crippen LogP contribution in [0.15, 0.2) is 35.2 Å². The van der Waals surface area contributed by atoms with Gasteiger partial charge in [-0.15, -0.1) is 0 Å². The molecule has 0 bridgehead atoms. The lowest BCUT2D eigenvalue weighted by Crippen LogP contribution is -2.38. The molecule has 142 valence electrons. The molecule has 1 aromatic carbocycles. The van der Waals surface area contributed by atoms with E-state index in [1.807, 2.05) is 31.9 Å². The van der Waals surface area contributed by atoms with Gasteiger partial charge in [0.2, 0.25) is 10.0 Å². The Hall–Kier alpha value is -1.41. The Balaban J connectivity index is 1.96. The van der Waals surface area contributed by atoms with Crippen molar-refractivity contribution >= 4 is 21.6 Å². The third-order valence-electron chi connectivity index (χ3n) is 4.67. The van der Waals surface area contributed by atoms with Gasteiger partial charge in [0, 0.05) is 25.2 Å². The van der Waals surface area contributed by atoms with Gasteiger partial charge in [0.25, 0.3) is 0 Å².